The van der Waals surface area contributed by atoms with Gasteiger partial charge in [0.25, 0.3) is 0 Å². The quantitative estimate of drug-likeness (QED) is 0.891. The Morgan fingerprint density at radius 3 is 2.88 bits per heavy atom. The average molecular weight is 247 g/mol. The van der Waals surface area contributed by atoms with Crippen LogP contribution in [0.15, 0.2) is 41.2 Å². The van der Waals surface area contributed by atoms with E-state index in [1.54, 1.807) is 30.7 Å². The molecule has 17 heavy (non-hydrogen) atoms. The van der Waals surface area contributed by atoms with Crippen LogP contribution in [0.4, 0.5) is 5.69 Å². The van der Waals surface area contributed by atoms with Gasteiger partial charge in [-0.25, -0.2) is 0 Å². The molecule has 0 spiro atoms. The van der Waals surface area contributed by atoms with Crippen LogP contribution in [0.25, 0.3) is 0 Å². The molecule has 4 heteroatoms. The lowest BCUT2D eigenvalue weighted by atomic mass is 10.1. The molecule has 2 aromatic rings. The van der Waals surface area contributed by atoms with Crippen molar-refractivity contribution in [2.75, 3.05) is 5.32 Å². The van der Waals surface area contributed by atoms with Gasteiger partial charge in [-0.1, -0.05) is 11.6 Å². The van der Waals surface area contributed by atoms with Crippen LogP contribution in [0.1, 0.15) is 24.1 Å². The first-order valence-electron chi connectivity index (χ1n) is 5.19. The van der Waals surface area contributed by atoms with E-state index in [-0.39, 0.29) is 6.04 Å². The van der Waals surface area contributed by atoms with E-state index >= 15 is 0 Å². The Labute approximate surface area is 105 Å². The lowest BCUT2D eigenvalue weighted by Crippen LogP contribution is -2.06. The van der Waals surface area contributed by atoms with E-state index in [1.807, 2.05) is 13.0 Å². The SMILES string of the molecule is CC(Nc1cc(C#N)ccc1Cl)c1ccoc1. The van der Waals surface area contributed by atoms with Gasteiger partial charge in [-0.3, -0.25) is 0 Å². The molecule has 1 aromatic heterocycles. The number of nitriles is 1. The van der Waals surface area contributed by atoms with Crippen LogP contribution < -0.4 is 5.32 Å². The number of hydrogen-bond acceptors (Lipinski definition) is 3. The zero-order valence-electron chi connectivity index (χ0n) is 9.27. The maximum Gasteiger partial charge on any atom is 0.0992 e. The summed E-state index contributed by atoms with van der Waals surface area (Å²) in [5.74, 6) is 0. The first-order chi connectivity index (χ1) is 8.20. The van der Waals surface area contributed by atoms with Crippen molar-refractivity contribution in [1.82, 2.24) is 0 Å². The van der Waals surface area contributed by atoms with Crippen molar-refractivity contribution in [3.63, 3.8) is 0 Å². The summed E-state index contributed by atoms with van der Waals surface area (Å²) in [4.78, 5) is 0. The number of furan rings is 1. The highest BCUT2D eigenvalue weighted by Crippen LogP contribution is 2.27. The molecule has 0 aliphatic heterocycles. The largest absolute Gasteiger partial charge is 0.472 e. The van der Waals surface area contributed by atoms with Crippen LogP contribution in [0, 0.1) is 11.3 Å². The Kier molecular flexibility index (Phi) is 3.36. The fraction of sp³-hybridized carbons (Fsp3) is 0.154. The summed E-state index contributed by atoms with van der Waals surface area (Å²) in [6.45, 7) is 2.00. The molecule has 1 N–H and O–H groups in total. The molecule has 0 fully saturated rings. The van der Waals surface area contributed by atoms with E-state index in [9.17, 15) is 0 Å². The summed E-state index contributed by atoms with van der Waals surface area (Å²) in [6, 6.07) is 9.18. The fourth-order valence-corrected chi connectivity index (χ4v) is 1.72. The van der Waals surface area contributed by atoms with Crippen molar-refractivity contribution in [2.45, 2.75) is 13.0 Å². The minimum absolute atomic E-state index is 0.0696. The van der Waals surface area contributed by atoms with Crippen LogP contribution in [0.2, 0.25) is 5.02 Å². The Hall–Kier alpha value is -1.92. The first kappa shape index (κ1) is 11.6. The highest BCUT2D eigenvalue weighted by Gasteiger charge is 2.09. The third-order valence-corrected chi connectivity index (χ3v) is 2.84. The number of nitrogens with one attached hydrogen (secondary N) is 1. The van der Waals surface area contributed by atoms with Crippen LogP contribution in [-0.4, -0.2) is 0 Å². The minimum atomic E-state index is 0.0696. The number of halogens is 1. The monoisotopic (exact) mass is 246 g/mol. The van der Waals surface area contributed by atoms with Crippen molar-refractivity contribution in [2.24, 2.45) is 0 Å². The summed E-state index contributed by atoms with van der Waals surface area (Å²) < 4.78 is 5.02. The van der Waals surface area contributed by atoms with Gasteiger partial charge in [0, 0.05) is 5.56 Å². The molecule has 1 heterocycles. The lowest BCUT2D eigenvalue weighted by molar-refractivity contribution is 0.562. The van der Waals surface area contributed by atoms with Gasteiger partial charge < -0.3 is 9.73 Å². The predicted octanol–water partition coefficient (Wildman–Crippen LogP) is 3.98. The van der Waals surface area contributed by atoms with Crippen molar-refractivity contribution < 1.29 is 4.42 Å². The molecule has 0 bridgehead atoms. The Morgan fingerprint density at radius 1 is 1.41 bits per heavy atom. The maximum absolute atomic E-state index is 8.84. The number of nitrogens with zero attached hydrogens (tertiary/aromatic N) is 1. The molecule has 1 unspecified atom stereocenters. The van der Waals surface area contributed by atoms with Crippen LogP contribution in [-0.2, 0) is 0 Å². The smallest absolute Gasteiger partial charge is 0.0992 e. The van der Waals surface area contributed by atoms with E-state index in [0.29, 0.717) is 10.6 Å². The van der Waals surface area contributed by atoms with Gasteiger partial charge in [-0.05, 0) is 31.2 Å². The van der Waals surface area contributed by atoms with Gasteiger partial charge >= 0.3 is 0 Å². The van der Waals surface area contributed by atoms with Crippen LogP contribution >= 0.6 is 11.6 Å². The summed E-state index contributed by atoms with van der Waals surface area (Å²) in [6.07, 6.45) is 3.31. The Balaban J connectivity index is 2.21. The van der Waals surface area contributed by atoms with E-state index in [0.717, 1.165) is 11.3 Å². The topological polar surface area (TPSA) is 49.0 Å². The van der Waals surface area contributed by atoms with E-state index in [2.05, 4.69) is 11.4 Å². The number of hydrogen-bond donors (Lipinski definition) is 1. The molecule has 0 amide bonds. The molecule has 0 aliphatic carbocycles. The molecule has 86 valence electrons. The molecular weight excluding hydrogens is 236 g/mol. The number of anilines is 1. The molecule has 2 rings (SSSR count). The van der Waals surface area contributed by atoms with Gasteiger partial charge in [0.15, 0.2) is 0 Å². The molecule has 1 aromatic carbocycles. The zero-order chi connectivity index (χ0) is 12.3. The normalized spacial score (nSPS) is 11.8. The van der Waals surface area contributed by atoms with E-state index in [1.165, 1.54) is 0 Å². The summed E-state index contributed by atoms with van der Waals surface area (Å²) >= 11 is 6.06. The second kappa shape index (κ2) is 4.94. The van der Waals surface area contributed by atoms with Crippen LogP contribution in [0.5, 0.6) is 0 Å². The second-order valence-electron chi connectivity index (χ2n) is 3.73. The Bertz CT molecular complexity index is 543. The van der Waals surface area contributed by atoms with Gasteiger partial charge in [-0.2, -0.15) is 5.26 Å². The molecule has 0 saturated heterocycles. The number of rotatable bonds is 3. The van der Waals surface area contributed by atoms with Gasteiger partial charge in [0.2, 0.25) is 0 Å². The van der Waals surface area contributed by atoms with Crippen molar-refractivity contribution in [3.05, 3.63) is 52.9 Å². The Morgan fingerprint density at radius 2 is 2.24 bits per heavy atom. The third-order valence-electron chi connectivity index (χ3n) is 2.51. The van der Waals surface area contributed by atoms with Gasteiger partial charge in [-0.15, -0.1) is 0 Å². The summed E-state index contributed by atoms with van der Waals surface area (Å²) in [5.41, 5.74) is 2.36. The minimum Gasteiger partial charge on any atom is -0.472 e. The van der Waals surface area contributed by atoms with Crippen molar-refractivity contribution in [1.29, 1.82) is 5.26 Å². The molecular formula is C13H11ClN2O. The van der Waals surface area contributed by atoms with Crippen molar-refractivity contribution in [3.8, 4) is 6.07 Å². The fourth-order valence-electron chi connectivity index (χ4n) is 1.54. The van der Waals surface area contributed by atoms with Gasteiger partial charge in [0.1, 0.15) is 0 Å². The second-order valence-corrected chi connectivity index (χ2v) is 4.14. The zero-order valence-corrected chi connectivity index (χ0v) is 10.0. The maximum atomic E-state index is 8.84. The molecule has 3 nitrogen and oxygen atoms in total. The number of benzene rings is 1. The molecule has 0 saturated carbocycles. The van der Waals surface area contributed by atoms with Gasteiger partial charge in [0.05, 0.1) is 40.9 Å². The molecule has 1 atom stereocenters. The van der Waals surface area contributed by atoms with E-state index < -0.39 is 0 Å². The summed E-state index contributed by atoms with van der Waals surface area (Å²) in [7, 11) is 0. The standard InChI is InChI=1S/C13H11ClN2O/c1-9(11-4-5-17-8-11)16-13-6-10(7-15)2-3-12(13)14/h2-6,8-9,16H,1H3. The highest BCUT2D eigenvalue weighted by atomic mass is 35.5. The summed E-state index contributed by atoms with van der Waals surface area (Å²) in [5, 5.41) is 12.7. The predicted molar refractivity (Wildman–Crippen MR) is 66.9 cm³/mol. The lowest BCUT2D eigenvalue weighted by Gasteiger charge is -2.14. The van der Waals surface area contributed by atoms with Crippen molar-refractivity contribution >= 4 is 17.3 Å². The highest BCUT2D eigenvalue weighted by molar-refractivity contribution is 6.33. The first-order valence-corrected chi connectivity index (χ1v) is 5.57. The van der Waals surface area contributed by atoms with E-state index in [4.69, 9.17) is 21.3 Å². The van der Waals surface area contributed by atoms with Crippen LogP contribution in [0.3, 0.4) is 0 Å². The molecule has 0 aliphatic rings. The molecule has 0 radical (unpaired) electrons. The third kappa shape index (κ3) is 2.61. The average Bonchev–Trinajstić information content (AvgIpc) is 2.85.